The highest BCUT2D eigenvalue weighted by atomic mass is 32.2. The minimum Gasteiger partial charge on any atom is -0.316 e. The summed E-state index contributed by atoms with van der Waals surface area (Å²) < 4.78 is 3.51. The van der Waals surface area contributed by atoms with Crippen molar-refractivity contribution < 1.29 is 0 Å². The molecular formula is C18H14N4S2. The van der Waals surface area contributed by atoms with Gasteiger partial charge in [0.15, 0.2) is 5.16 Å². The molecule has 3 heterocycles. The van der Waals surface area contributed by atoms with Crippen LogP contribution in [0.2, 0.25) is 0 Å². The zero-order valence-electron chi connectivity index (χ0n) is 12.8. The number of nitrogens with zero attached hydrogens (tertiary/aromatic N) is 4. The molecule has 1 saturated carbocycles. The van der Waals surface area contributed by atoms with Gasteiger partial charge in [-0.25, -0.2) is 15.0 Å². The molecule has 118 valence electrons. The van der Waals surface area contributed by atoms with Crippen LogP contribution in [0.4, 0.5) is 0 Å². The summed E-state index contributed by atoms with van der Waals surface area (Å²) in [7, 11) is 0. The van der Waals surface area contributed by atoms with E-state index in [1.165, 1.54) is 24.1 Å². The standard InChI is InChI=1S/C18H14N4S2/c1-2-4-12(5-3-1)15-10-19-18(22(15)13-6-7-13)24-17-16-14(8-9-23-16)20-11-21-17/h1-5,8-11,13H,6-7H2. The van der Waals surface area contributed by atoms with Crippen LogP contribution in [-0.2, 0) is 0 Å². The van der Waals surface area contributed by atoms with Gasteiger partial charge in [-0.05, 0) is 41.6 Å². The number of aromatic nitrogens is 4. The Morgan fingerprint density at radius 3 is 2.75 bits per heavy atom. The molecule has 1 aliphatic rings. The van der Waals surface area contributed by atoms with Crippen molar-refractivity contribution in [1.82, 2.24) is 19.5 Å². The monoisotopic (exact) mass is 350 g/mol. The van der Waals surface area contributed by atoms with Gasteiger partial charge in [-0.1, -0.05) is 30.3 Å². The minimum absolute atomic E-state index is 0.561. The van der Waals surface area contributed by atoms with Crippen molar-refractivity contribution in [3.05, 3.63) is 54.3 Å². The summed E-state index contributed by atoms with van der Waals surface area (Å²) in [5, 5.41) is 4.07. The van der Waals surface area contributed by atoms with Gasteiger partial charge in [0, 0.05) is 6.04 Å². The lowest BCUT2D eigenvalue weighted by molar-refractivity contribution is 0.669. The van der Waals surface area contributed by atoms with Crippen molar-refractivity contribution in [2.45, 2.75) is 29.1 Å². The molecule has 0 spiro atoms. The molecule has 1 aliphatic carbocycles. The van der Waals surface area contributed by atoms with Gasteiger partial charge in [-0.3, -0.25) is 0 Å². The molecule has 4 aromatic rings. The smallest absolute Gasteiger partial charge is 0.175 e. The van der Waals surface area contributed by atoms with E-state index in [4.69, 9.17) is 4.98 Å². The van der Waals surface area contributed by atoms with Gasteiger partial charge in [0.2, 0.25) is 0 Å². The van der Waals surface area contributed by atoms with E-state index in [-0.39, 0.29) is 0 Å². The van der Waals surface area contributed by atoms with E-state index in [2.05, 4.69) is 44.2 Å². The molecule has 0 saturated heterocycles. The lowest BCUT2D eigenvalue weighted by Gasteiger charge is -2.10. The van der Waals surface area contributed by atoms with Crippen molar-refractivity contribution in [1.29, 1.82) is 0 Å². The second kappa shape index (κ2) is 5.72. The van der Waals surface area contributed by atoms with E-state index >= 15 is 0 Å². The first-order valence-electron chi connectivity index (χ1n) is 7.89. The van der Waals surface area contributed by atoms with Crippen molar-refractivity contribution in [2.75, 3.05) is 0 Å². The Balaban J connectivity index is 1.59. The Hall–Kier alpha value is -2.18. The van der Waals surface area contributed by atoms with Crippen LogP contribution < -0.4 is 0 Å². The third kappa shape index (κ3) is 2.42. The Morgan fingerprint density at radius 1 is 1.04 bits per heavy atom. The number of thiophene rings is 1. The lowest BCUT2D eigenvalue weighted by atomic mass is 10.2. The molecule has 0 amide bonds. The molecule has 1 aromatic carbocycles. The minimum atomic E-state index is 0.561. The first kappa shape index (κ1) is 14.2. The van der Waals surface area contributed by atoms with E-state index in [1.54, 1.807) is 29.4 Å². The fourth-order valence-electron chi connectivity index (χ4n) is 2.85. The number of hydrogen-bond donors (Lipinski definition) is 0. The van der Waals surface area contributed by atoms with Crippen LogP contribution in [0.3, 0.4) is 0 Å². The highest BCUT2D eigenvalue weighted by Gasteiger charge is 2.29. The van der Waals surface area contributed by atoms with Crippen LogP contribution in [0.25, 0.3) is 21.5 Å². The summed E-state index contributed by atoms with van der Waals surface area (Å²) in [6.07, 6.45) is 6.08. The normalized spacial score (nSPS) is 14.3. The number of hydrogen-bond acceptors (Lipinski definition) is 5. The molecule has 6 heteroatoms. The van der Waals surface area contributed by atoms with E-state index in [1.807, 2.05) is 18.3 Å². The molecule has 24 heavy (non-hydrogen) atoms. The molecule has 0 unspecified atom stereocenters. The molecule has 4 nitrogen and oxygen atoms in total. The maximum atomic E-state index is 4.71. The third-order valence-electron chi connectivity index (χ3n) is 4.14. The van der Waals surface area contributed by atoms with Crippen LogP contribution >= 0.6 is 23.1 Å². The SMILES string of the molecule is c1ccc(-c2cnc(Sc3ncnc4ccsc34)n2C2CC2)cc1. The Labute approximate surface area is 147 Å². The van der Waals surface area contributed by atoms with E-state index in [9.17, 15) is 0 Å². The summed E-state index contributed by atoms with van der Waals surface area (Å²) >= 11 is 3.33. The van der Waals surface area contributed by atoms with Gasteiger partial charge >= 0.3 is 0 Å². The average Bonchev–Trinajstić information content (AvgIpc) is 3.18. The predicted molar refractivity (Wildman–Crippen MR) is 97.5 cm³/mol. The second-order valence-corrected chi connectivity index (χ2v) is 7.68. The summed E-state index contributed by atoms with van der Waals surface area (Å²) in [6, 6.07) is 13.1. The molecule has 0 aliphatic heterocycles. The second-order valence-electron chi connectivity index (χ2n) is 5.81. The Morgan fingerprint density at radius 2 is 1.92 bits per heavy atom. The maximum absolute atomic E-state index is 4.71. The lowest BCUT2D eigenvalue weighted by Crippen LogP contribution is -1.99. The Bertz CT molecular complexity index is 1000. The summed E-state index contributed by atoms with van der Waals surface area (Å²) in [6.45, 7) is 0. The van der Waals surface area contributed by atoms with Crippen LogP contribution in [0.5, 0.6) is 0 Å². The Kier molecular flexibility index (Phi) is 3.38. The zero-order valence-corrected chi connectivity index (χ0v) is 14.4. The molecule has 5 rings (SSSR count). The summed E-state index contributed by atoms with van der Waals surface area (Å²) in [5.74, 6) is 0. The molecular weight excluding hydrogens is 336 g/mol. The molecule has 3 aromatic heterocycles. The number of imidazole rings is 1. The highest BCUT2D eigenvalue weighted by Crippen LogP contribution is 2.43. The van der Waals surface area contributed by atoms with Crippen LogP contribution in [0.15, 0.2) is 64.5 Å². The van der Waals surface area contributed by atoms with Gasteiger partial charge in [0.1, 0.15) is 11.4 Å². The fraction of sp³-hybridized carbons (Fsp3) is 0.167. The topological polar surface area (TPSA) is 43.6 Å². The molecule has 0 radical (unpaired) electrons. The predicted octanol–water partition coefficient (Wildman–Crippen LogP) is 5.04. The number of rotatable bonds is 4. The van der Waals surface area contributed by atoms with Gasteiger partial charge in [0.05, 0.1) is 22.1 Å². The van der Waals surface area contributed by atoms with E-state index in [0.717, 1.165) is 20.4 Å². The number of fused-ring (bicyclic) bond motifs is 1. The summed E-state index contributed by atoms with van der Waals surface area (Å²) in [5.41, 5.74) is 3.41. The highest BCUT2D eigenvalue weighted by molar-refractivity contribution is 7.99. The molecule has 0 bridgehead atoms. The number of benzene rings is 1. The zero-order chi connectivity index (χ0) is 15.9. The van der Waals surface area contributed by atoms with Crippen LogP contribution in [0.1, 0.15) is 18.9 Å². The quantitative estimate of drug-likeness (QED) is 0.484. The van der Waals surface area contributed by atoms with Crippen molar-refractivity contribution in [3.63, 3.8) is 0 Å². The molecule has 0 N–H and O–H groups in total. The van der Waals surface area contributed by atoms with Gasteiger partial charge in [0.25, 0.3) is 0 Å². The fourth-order valence-corrected chi connectivity index (χ4v) is 4.77. The van der Waals surface area contributed by atoms with Gasteiger partial charge in [-0.15, -0.1) is 11.3 Å². The third-order valence-corrected chi connectivity index (χ3v) is 6.17. The summed E-state index contributed by atoms with van der Waals surface area (Å²) in [4.78, 5) is 13.5. The van der Waals surface area contributed by atoms with E-state index in [0.29, 0.717) is 6.04 Å². The van der Waals surface area contributed by atoms with Crippen molar-refractivity contribution >= 4 is 33.3 Å². The average molecular weight is 350 g/mol. The van der Waals surface area contributed by atoms with E-state index < -0.39 is 0 Å². The van der Waals surface area contributed by atoms with Gasteiger partial charge in [-0.2, -0.15) is 0 Å². The van der Waals surface area contributed by atoms with Crippen LogP contribution in [-0.4, -0.2) is 19.5 Å². The largest absolute Gasteiger partial charge is 0.316 e. The maximum Gasteiger partial charge on any atom is 0.175 e. The van der Waals surface area contributed by atoms with Crippen molar-refractivity contribution in [3.8, 4) is 11.3 Å². The molecule has 0 atom stereocenters. The first-order valence-corrected chi connectivity index (χ1v) is 9.58. The van der Waals surface area contributed by atoms with Crippen molar-refractivity contribution in [2.24, 2.45) is 0 Å². The molecule has 1 fully saturated rings. The van der Waals surface area contributed by atoms with Gasteiger partial charge < -0.3 is 4.57 Å². The first-order chi connectivity index (χ1) is 11.9. The van der Waals surface area contributed by atoms with Crippen LogP contribution in [0, 0.1) is 0 Å².